The van der Waals surface area contributed by atoms with Gasteiger partial charge in [-0.25, -0.2) is 0 Å². The van der Waals surface area contributed by atoms with E-state index in [1.165, 1.54) is 0 Å². The van der Waals surface area contributed by atoms with Crippen molar-refractivity contribution in [1.82, 2.24) is 9.80 Å². The van der Waals surface area contributed by atoms with Gasteiger partial charge >= 0.3 is 0 Å². The standard InChI is InChI=1S/C10H22N2O/c1-9(2)12-6-10(7-12,8-13-5)11(3)4/h9H,6-8H2,1-5H3. The van der Waals surface area contributed by atoms with Gasteiger partial charge in [0, 0.05) is 26.2 Å². The zero-order chi connectivity index (χ0) is 10.1. The van der Waals surface area contributed by atoms with E-state index in [9.17, 15) is 0 Å². The summed E-state index contributed by atoms with van der Waals surface area (Å²) in [6.45, 7) is 7.58. The van der Waals surface area contributed by atoms with Crippen molar-refractivity contribution >= 4 is 0 Å². The molecule has 1 saturated heterocycles. The van der Waals surface area contributed by atoms with Crippen molar-refractivity contribution < 1.29 is 4.74 Å². The maximum Gasteiger partial charge on any atom is 0.0694 e. The quantitative estimate of drug-likeness (QED) is 0.641. The number of hydrogen-bond donors (Lipinski definition) is 0. The smallest absolute Gasteiger partial charge is 0.0694 e. The Kier molecular flexibility index (Phi) is 3.33. The van der Waals surface area contributed by atoms with E-state index in [2.05, 4.69) is 37.7 Å². The molecular weight excluding hydrogens is 164 g/mol. The van der Waals surface area contributed by atoms with Gasteiger partial charge in [0.1, 0.15) is 0 Å². The van der Waals surface area contributed by atoms with Gasteiger partial charge in [-0.2, -0.15) is 0 Å². The van der Waals surface area contributed by atoms with Gasteiger partial charge in [-0.15, -0.1) is 0 Å². The molecule has 0 aliphatic carbocycles. The summed E-state index contributed by atoms with van der Waals surface area (Å²) in [5, 5.41) is 0. The number of rotatable bonds is 4. The molecule has 0 aromatic heterocycles. The molecule has 1 fully saturated rings. The van der Waals surface area contributed by atoms with Crippen LogP contribution < -0.4 is 0 Å². The summed E-state index contributed by atoms with van der Waals surface area (Å²) in [6, 6.07) is 0.657. The average molecular weight is 186 g/mol. The minimum Gasteiger partial charge on any atom is -0.383 e. The minimum absolute atomic E-state index is 0.263. The van der Waals surface area contributed by atoms with Crippen molar-refractivity contribution in [3.05, 3.63) is 0 Å². The van der Waals surface area contributed by atoms with Crippen LogP contribution in [0.1, 0.15) is 13.8 Å². The Labute approximate surface area is 81.7 Å². The highest BCUT2D eigenvalue weighted by Crippen LogP contribution is 2.27. The first kappa shape index (κ1) is 11.0. The predicted molar refractivity (Wildman–Crippen MR) is 55.0 cm³/mol. The molecule has 0 atom stereocenters. The second-order valence-electron chi connectivity index (χ2n) is 4.55. The molecule has 0 saturated carbocycles. The third kappa shape index (κ3) is 2.03. The van der Waals surface area contributed by atoms with Crippen LogP contribution in [0.4, 0.5) is 0 Å². The number of nitrogens with zero attached hydrogens (tertiary/aromatic N) is 2. The molecule has 1 rings (SSSR count). The van der Waals surface area contributed by atoms with E-state index in [1.807, 2.05) is 0 Å². The summed E-state index contributed by atoms with van der Waals surface area (Å²) in [4.78, 5) is 4.76. The molecule has 0 amide bonds. The van der Waals surface area contributed by atoms with Gasteiger partial charge in [0.25, 0.3) is 0 Å². The van der Waals surface area contributed by atoms with Crippen LogP contribution in [-0.2, 0) is 4.74 Å². The fourth-order valence-electron chi connectivity index (χ4n) is 1.85. The second kappa shape index (κ2) is 3.95. The van der Waals surface area contributed by atoms with E-state index in [4.69, 9.17) is 4.74 Å². The monoisotopic (exact) mass is 186 g/mol. The minimum atomic E-state index is 0.263. The number of likely N-dealkylation sites (tertiary alicyclic amines) is 1. The molecule has 3 heteroatoms. The lowest BCUT2D eigenvalue weighted by molar-refractivity contribution is -0.0853. The Morgan fingerprint density at radius 1 is 1.38 bits per heavy atom. The van der Waals surface area contributed by atoms with Crippen LogP contribution >= 0.6 is 0 Å². The normalized spacial score (nSPS) is 22.4. The van der Waals surface area contributed by atoms with Gasteiger partial charge in [0.2, 0.25) is 0 Å². The number of methoxy groups -OCH3 is 1. The molecule has 78 valence electrons. The van der Waals surface area contributed by atoms with Crippen LogP contribution in [-0.4, -0.2) is 62.3 Å². The topological polar surface area (TPSA) is 15.7 Å². The van der Waals surface area contributed by atoms with Crippen molar-refractivity contribution in [3.63, 3.8) is 0 Å². The van der Waals surface area contributed by atoms with E-state index >= 15 is 0 Å². The molecule has 0 aromatic carbocycles. The van der Waals surface area contributed by atoms with Crippen molar-refractivity contribution in [2.24, 2.45) is 0 Å². The number of hydrogen-bond acceptors (Lipinski definition) is 3. The number of ether oxygens (including phenoxy) is 1. The third-order valence-electron chi connectivity index (χ3n) is 3.09. The van der Waals surface area contributed by atoms with E-state index < -0.39 is 0 Å². The largest absolute Gasteiger partial charge is 0.383 e. The lowest BCUT2D eigenvalue weighted by Crippen LogP contribution is -2.71. The molecule has 1 aliphatic rings. The van der Waals surface area contributed by atoms with Crippen molar-refractivity contribution in [3.8, 4) is 0 Å². The fourth-order valence-corrected chi connectivity index (χ4v) is 1.85. The molecular formula is C10H22N2O. The molecule has 1 aliphatic heterocycles. The lowest BCUT2D eigenvalue weighted by Gasteiger charge is -2.55. The van der Waals surface area contributed by atoms with Gasteiger partial charge in [0.05, 0.1) is 12.1 Å². The number of likely N-dealkylation sites (N-methyl/N-ethyl adjacent to an activating group) is 1. The molecule has 0 spiro atoms. The Morgan fingerprint density at radius 2 is 1.92 bits per heavy atom. The highest BCUT2D eigenvalue weighted by molar-refractivity contribution is 5.03. The van der Waals surface area contributed by atoms with Crippen LogP contribution in [0.15, 0.2) is 0 Å². The maximum absolute atomic E-state index is 5.27. The van der Waals surface area contributed by atoms with Crippen molar-refractivity contribution in [2.75, 3.05) is 40.9 Å². The van der Waals surface area contributed by atoms with Crippen LogP contribution in [0, 0.1) is 0 Å². The Morgan fingerprint density at radius 3 is 2.23 bits per heavy atom. The highest BCUT2D eigenvalue weighted by Gasteiger charge is 2.45. The molecule has 0 N–H and O–H groups in total. The summed E-state index contributed by atoms with van der Waals surface area (Å²) in [7, 11) is 6.05. The summed E-state index contributed by atoms with van der Waals surface area (Å²) >= 11 is 0. The van der Waals surface area contributed by atoms with Crippen molar-refractivity contribution in [1.29, 1.82) is 0 Å². The molecule has 1 heterocycles. The first-order valence-corrected chi connectivity index (χ1v) is 4.92. The summed E-state index contributed by atoms with van der Waals surface area (Å²) in [5.41, 5.74) is 0.263. The Balaban J connectivity index is 2.48. The molecule has 0 aromatic rings. The van der Waals surface area contributed by atoms with E-state index in [-0.39, 0.29) is 5.54 Å². The first-order valence-electron chi connectivity index (χ1n) is 4.92. The summed E-state index contributed by atoms with van der Waals surface area (Å²) in [5.74, 6) is 0. The Hall–Kier alpha value is -0.120. The lowest BCUT2D eigenvalue weighted by atomic mass is 9.88. The van der Waals surface area contributed by atoms with Gasteiger partial charge in [-0.05, 0) is 27.9 Å². The van der Waals surface area contributed by atoms with Crippen molar-refractivity contribution in [2.45, 2.75) is 25.4 Å². The fraction of sp³-hybridized carbons (Fsp3) is 1.00. The third-order valence-corrected chi connectivity index (χ3v) is 3.09. The highest BCUT2D eigenvalue weighted by atomic mass is 16.5. The zero-order valence-corrected chi connectivity index (χ0v) is 9.50. The van der Waals surface area contributed by atoms with Crippen LogP contribution in [0.5, 0.6) is 0 Å². The second-order valence-corrected chi connectivity index (χ2v) is 4.55. The van der Waals surface area contributed by atoms with E-state index in [1.54, 1.807) is 7.11 Å². The summed E-state index contributed by atoms with van der Waals surface area (Å²) in [6.07, 6.45) is 0. The Bertz CT molecular complexity index is 162. The first-order chi connectivity index (χ1) is 6.02. The van der Waals surface area contributed by atoms with Crippen LogP contribution in [0.25, 0.3) is 0 Å². The zero-order valence-electron chi connectivity index (χ0n) is 9.50. The van der Waals surface area contributed by atoms with E-state index in [0.29, 0.717) is 6.04 Å². The molecule has 3 nitrogen and oxygen atoms in total. The van der Waals surface area contributed by atoms with Gasteiger partial charge in [-0.3, -0.25) is 9.80 Å². The predicted octanol–water partition coefficient (Wildman–Crippen LogP) is 0.657. The molecule has 13 heavy (non-hydrogen) atoms. The van der Waals surface area contributed by atoms with Gasteiger partial charge in [-0.1, -0.05) is 0 Å². The van der Waals surface area contributed by atoms with Gasteiger partial charge in [0.15, 0.2) is 0 Å². The molecule has 0 radical (unpaired) electrons. The van der Waals surface area contributed by atoms with E-state index in [0.717, 1.165) is 19.7 Å². The van der Waals surface area contributed by atoms with Crippen LogP contribution in [0.2, 0.25) is 0 Å². The van der Waals surface area contributed by atoms with Crippen LogP contribution in [0.3, 0.4) is 0 Å². The summed E-state index contributed by atoms with van der Waals surface area (Å²) < 4.78 is 5.27. The molecule has 0 bridgehead atoms. The molecule has 0 unspecified atom stereocenters. The average Bonchev–Trinajstić information content (AvgIpc) is 1.94. The SMILES string of the molecule is COCC1(N(C)C)CN(C(C)C)C1. The van der Waals surface area contributed by atoms with Gasteiger partial charge < -0.3 is 4.74 Å². The maximum atomic E-state index is 5.27.